The maximum Gasteiger partial charge on any atom is 0.269 e. The summed E-state index contributed by atoms with van der Waals surface area (Å²) in [6.45, 7) is 3.41. The Balaban J connectivity index is 2.86. The second-order valence-electron chi connectivity index (χ2n) is 4.59. The van der Waals surface area contributed by atoms with Crippen molar-refractivity contribution in [3.8, 4) is 0 Å². The summed E-state index contributed by atoms with van der Waals surface area (Å²) < 4.78 is -1.79. The molecule has 1 atom stereocenters. The van der Waals surface area contributed by atoms with Crippen molar-refractivity contribution < 1.29 is 9.72 Å². The van der Waals surface area contributed by atoms with Crippen LogP contribution in [-0.2, 0) is 4.79 Å². The highest BCUT2D eigenvalue weighted by molar-refractivity contribution is 6.68. The van der Waals surface area contributed by atoms with Crippen LogP contribution >= 0.6 is 34.8 Å². The van der Waals surface area contributed by atoms with Crippen LogP contribution in [0.3, 0.4) is 0 Å². The SMILES string of the molecule is CC(C)C(=O)N[C@H](Nc1ccc([N+](=O)[O-])cc1)C(Cl)(Cl)Cl. The van der Waals surface area contributed by atoms with Crippen molar-refractivity contribution in [2.24, 2.45) is 5.92 Å². The zero-order valence-electron chi connectivity index (χ0n) is 11.3. The van der Waals surface area contributed by atoms with E-state index in [0.717, 1.165) is 0 Å². The van der Waals surface area contributed by atoms with Gasteiger partial charge in [0.05, 0.1) is 4.92 Å². The largest absolute Gasteiger partial charge is 0.362 e. The zero-order valence-corrected chi connectivity index (χ0v) is 13.5. The van der Waals surface area contributed by atoms with Crippen LogP contribution in [0.25, 0.3) is 0 Å². The van der Waals surface area contributed by atoms with E-state index in [4.69, 9.17) is 34.8 Å². The lowest BCUT2D eigenvalue weighted by atomic mass is 10.2. The van der Waals surface area contributed by atoms with Crippen LogP contribution < -0.4 is 10.6 Å². The second-order valence-corrected chi connectivity index (χ2v) is 6.96. The molecular formula is C12H14Cl3N3O3. The van der Waals surface area contributed by atoms with Gasteiger partial charge in [-0.3, -0.25) is 14.9 Å². The monoisotopic (exact) mass is 353 g/mol. The summed E-state index contributed by atoms with van der Waals surface area (Å²) in [7, 11) is 0. The number of rotatable bonds is 5. The minimum absolute atomic E-state index is 0.0581. The Labute approximate surface area is 136 Å². The van der Waals surface area contributed by atoms with Crippen LogP contribution in [0.15, 0.2) is 24.3 Å². The minimum atomic E-state index is -1.79. The first kappa shape index (κ1) is 17.8. The Bertz CT molecular complexity index is 515. The number of amides is 1. The van der Waals surface area contributed by atoms with E-state index in [1.54, 1.807) is 13.8 Å². The van der Waals surface area contributed by atoms with E-state index in [1.165, 1.54) is 24.3 Å². The number of carbonyl (C=O) groups is 1. The van der Waals surface area contributed by atoms with E-state index in [-0.39, 0.29) is 17.5 Å². The Kier molecular flexibility index (Phi) is 6.07. The first-order valence-corrected chi connectivity index (χ1v) is 7.12. The van der Waals surface area contributed by atoms with Crippen molar-refractivity contribution in [3.63, 3.8) is 0 Å². The summed E-state index contributed by atoms with van der Waals surface area (Å²) in [6.07, 6.45) is -0.973. The Morgan fingerprint density at radius 3 is 2.14 bits per heavy atom. The maximum absolute atomic E-state index is 11.7. The molecule has 0 bridgehead atoms. The molecule has 1 amide bonds. The third kappa shape index (κ3) is 5.57. The van der Waals surface area contributed by atoms with Crippen LogP contribution in [-0.4, -0.2) is 20.8 Å². The molecular weight excluding hydrogens is 341 g/mol. The maximum atomic E-state index is 11.7. The Hall–Kier alpha value is -1.24. The molecule has 21 heavy (non-hydrogen) atoms. The molecule has 116 valence electrons. The number of non-ortho nitro benzene ring substituents is 1. The zero-order chi connectivity index (χ0) is 16.2. The lowest BCUT2D eigenvalue weighted by Gasteiger charge is -2.28. The fourth-order valence-corrected chi connectivity index (χ4v) is 1.68. The molecule has 6 nitrogen and oxygen atoms in total. The van der Waals surface area contributed by atoms with Gasteiger partial charge in [0.2, 0.25) is 9.70 Å². The molecule has 1 rings (SSSR count). The molecule has 0 saturated carbocycles. The van der Waals surface area contributed by atoms with Gasteiger partial charge in [0.15, 0.2) is 0 Å². The van der Waals surface area contributed by atoms with E-state index >= 15 is 0 Å². The summed E-state index contributed by atoms with van der Waals surface area (Å²) in [5, 5.41) is 16.0. The van der Waals surface area contributed by atoms with Crippen molar-refractivity contribution in [1.29, 1.82) is 0 Å². The van der Waals surface area contributed by atoms with E-state index in [2.05, 4.69) is 10.6 Å². The third-order valence-corrected chi connectivity index (χ3v) is 3.18. The normalized spacial score (nSPS) is 12.9. The highest BCUT2D eigenvalue weighted by atomic mass is 35.6. The van der Waals surface area contributed by atoms with Crippen molar-refractivity contribution >= 4 is 52.1 Å². The molecule has 0 aromatic heterocycles. The third-order valence-electron chi connectivity index (χ3n) is 2.53. The molecule has 0 aliphatic heterocycles. The van der Waals surface area contributed by atoms with Gasteiger partial charge in [0.1, 0.15) is 6.17 Å². The molecule has 9 heteroatoms. The van der Waals surface area contributed by atoms with Gasteiger partial charge < -0.3 is 10.6 Å². The Morgan fingerprint density at radius 2 is 1.76 bits per heavy atom. The molecule has 0 spiro atoms. The molecule has 1 aromatic carbocycles. The number of nitrogens with one attached hydrogen (secondary N) is 2. The molecule has 0 aliphatic rings. The van der Waals surface area contributed by atoms with E-state index in [9.17, 15) is 14.9 Å². The van der Waals surface area contributed by atoms with Gasteiger partial charge in [-0.05, 0) is 12.1 Å². The van der Waals surface area contributed by atoms with Crippen LogP contribution in [0.1, 0.15) is 13.8 Å². The molecule has 1 aromatic rings. The van der Waals surface area contributed by atoms with Crippen LogP contribution in [0, 0.1) is 16.0 Å². The number of alkyl halides is 3. The summed E-state index contributed by atoms with van der Waals surface area (Å²) in [4.78, 5) is 21.8. The number of carbonyl (C=O) groups excluding carboxylic acids is 1. The second kappa shape index (κ2) is 7.15. The smallest absolute Gasteiger partial charge is 0.269 e. The van der Waals surface area contributed by atoms with E-state index < -0.39 is 14.9 Å². The summed E-state index contributed by atoms with van der Waals surface area (Å²) >= 11 is 17.5. The fourth-order valence-electron chi connectivity index (χ4n) is 1.35. The number of hydrogen-bond donors (Lipinski definition) is 2. The number of anilines is 1. The fraction of sp³-hybridized carbons (Fsp3) is 0.417. The number of nitrogens with zero attached hydrogens (tertiary/aromatic N) is 1. The van der Waals surface area contributed by atoms with Crippen LogP contribution in [0.5, 0.6) is 0 Å². The molecule has 0 aliphatic carbocycles. The summed E-state index contributed by atoms with van der Waals surface area (Å²) in [5.41, 5.74) is 0.415. The van der Waals surface area contributed by atoms with Crippen molar-refractivity contribution in [3.05, 3.63) is 34.4 Å². The molecule has 0 unspecified atom stereocenters. The number of halogens is 3. The summed E-state index contributed by atoms with van der Waals surface area (Å²) in [5.74, 6) is -0.570. The Morgan fingerprint density at radius 1 is 1.24 bits per heavy atom. The highest BCUT2D eigenvalue weighted by Gasteiger charge is 2.34. The van der Waals surface area contributed by atoms with Gasteiger partial charge in [0.25, 0.3) is 5.69 Å². The number of nitro benzene ring substituents is 1. The van der Waals surface area contributed by atoms with Gasteiger partial charge >= 0.3 is 0 Å². The van der Waals surface area contributed by atoms with Gasteiger partial charge in [-0.2, -0.15) is 0 Å². The molecule has 0 heterocycles. The predicted octanol–water partition coefficient (Wildman–Crippen LogP) is 3.48. The molecule has 2 N–H and O–H groups in total. The topological polar surface area (TPSA) is 84.3 Å². The first-order chi connectivity index (χ1) is 9.61. The van der Waals surface area contributed by atoms with E-state index in [1.807, 2.05) is 0 Å². The van der Waals surface area contributed by atoms with Crippen LogP contribution in [0.4, 0.5) is 11.4 Å². The highest BCUT2D eigenvalue weighted by Crippen LogP contribution is 2.31. The lowest BCUT2D eigenvalue weighted by Crippen LogP contribution is -2.50. The average molecular weight is 355 g/mol. The standard InChI is InChI=1S/C12H14Cl3N3O3/c1-7(2)10(19)17-11(12(13,14)15)16-8-3-5-9(6-4-8)18(20)21/h3-7,11,16H,1-2H3,(H,17,19)/t11-/m0/s1. The van der Waals surface area contributed by atoms with Crippen molar-refractivity contribution in [2.45, 2.75) is 23.8 Å². The minimum Gasteiger partial charge on any atom is -0.362 e. The molecule has 0 radical (unpaired) electrons. The molecule has 0 saturated heterocycles. The predicted molar refractivity (Wildman–Crippen MR) is 83.8 cm³/mol. The number of hydrogen-bond acceptors (Lipinski definition) is 4. The van der Waals surface area contributed by atoms with Gasteiger partial charge in [-0.25, -0.2) is 0 Å². The van der Waals surface area contributed by atoms with E-state index in [0.29, 0.717) is 5.69 Å². The van der Waals surface area contributed by atoms with Crippen molar-refractivity contribution in [1.82, 2.24) is 5.32 Å². The first-order valence-electron chi connectivity index (χ1n) is 5.99. The molecule has 0 fully saturated rings. The van der Waals surface area contributed by atoms with Gasteiger partial charge in [0, 0.05) is 23.7 Å². The number of nitro groups is 1. The average Bonchev–Trinajstić information content (AvgIpc) is 2.37. The summed E-state index contributed by atoms with van der Waals surface area (Å²) in [6, 6.07) is 5.54. The lowest BCUT2D eigenvalue weighted by molar-refractivity contribution is -0.384. The quantitative estimate of drug-likeness (QED) is 0.367. The van der Waals surface area contributed by atoms with Crippen molar-refractivity contribution in [2.75, 3.05) is 5.32 Å². The number of benzene rings is 1. The van der Waals surface area contributed by atoms with Gasteiger partial charge in [-0.15, -0.1) is 0 Å². The van der Waals surface area contributed by atoms with Crippen LogP contribution in [0.2, 0.25) is 0 Å². The van der Waals surface area contributed by atoms with Gasteiger partial charge in [-0.1, -0.05) is 48.7 Å².